The van der Waals surface area contributed by atoms with E-state index < -0.39 is 22.0 Å². The molecule has 0 amide bonds. The zero-order valence-electron chi connectivity index (χ0n) is 15.2. The number of halogens is 3. The predicted octanol–water partition coefficient (Wildman–Crippen LogP) is 4.94. The molecule has 0 fully saturated rings. The molecule has 0 radical (unpaired) electrons. The van der Waals surface area contributed by atoms with Gasteiger partial charge >= 0.3 is 0 Å². The number of nitrogens with zero attached hydrogens (tertiary/aromatic N) is 3. The van der Waals surface area contributed by atoms with Crippen molar-refractivity contribution in [1.82, 2.24) is 14.8 Å². The van der Waals surface area contributed by atoms with Crippen molar-refractivity contribution in [3.8, 4) is 16.4 Å². The number of alkyl halides is 2. The van der Waals surface area contributed by atoms with Gasteiger partial charge in [-0.2, -0.15) is 5.10 Å². The van der Waals surface area contributed by atoms with E-state index in [1.807, 2.05) is 0 Å². The largest absolute Gasteiger partial charge is 0.282 e. The van der Waals surface area contributed by atoms with Crippen LogP contribution >= 0.6 is 11.3 Å². The molecule has 0 saturated heterocycles. The molecule has 0 spiro atoms. The summed E-state index contributed by atoms with van der Waals surface area (Å²) in [5.41, 5.74) is 1.27. The van der Waals surface area contributed by atoms with Crippen LogP contribution in [0.3, 0.4) is 0 Å². The number of benzene rings is 2. The summed E-state index contributed by atoms with van der Waals surface area (Å²) in [6.45, 7) is 1.62. The summed E-state index contributed by atoms with van der Waals surface area (Å²) < 4.78 is 65.6. The van der Waals surface area contributed by atoms with E-state index in [0.717, 1.165) is 17.6 Å². The number of hydrogen-bond donors (Lipinski definition) is 0. The van der Waals surface area contributed by atoms with Crippen LogP contribution in [0, 0.1) is 12.7 Å². The lowest BCUT2D eigenvalue weighted by Crippen LogP contribution is -2.02. The fraction of sp³-hybridized carbons (Fsp3) is 0.158. The normalized spacial score (nSPS) is 12.2. The average molecular weight is 437 g/mol. The van der Waals surface area contributed by atoms with Gasteiger partial charge in [0.05, 0.1) is 20.8 Å². The molecular weight excluding hydrogens is 423 g/mol. The van der Waals surface area contributed by atoms with Gasteiger partial charge < -0.3 is 0 Å². The van der Waals surface area contributed by atoms with Crippen molar-refractivity contribution in [1.29, 1.82) is 0 Å². The smallest absolute Gasteiger partial charge is 0.234 e. The Morgan fingerprint density at radius 1 is 1.10 bits per heavy atom. The minimum Gasteiger partial charge on any atom is -0.234 e. The van der Waals surface area contributed by atoms with Crippen molar-refractivity contribution in [2.24, 2.45) is 0 Å². The van der Waals surface area contributed by atoms with Gasteiger partial charge in [0.2, 0.25) is 0 Å². The summed E-state index contributed by atoms with van der Waals surface area (Å²) in [5, 5.41) is 4.36. The van der Waals surface area contributed by atoms with Gasteiger partial charge in [0.15, 0.2) is 9.84 Å². The summed E-state index contributed by atoms with van der Waals surface area (Å²) in [7, 11) is -3.39. The fourth-order valence-electron chi connectivity index (χ4n) is 2.85. The van der Waals surface area contributed by atoms with Crippen LogP contribution in [-0.4, -0.2) is 29.4 Å². The quantitative estimate of drug-likeness (QED) is 0.454. The van der Waals surface area contributed by atoms with E-state index in [1.54, 1.807) is 13.0 Å². The highest BCUT2D eigenvalue weighted by atomic mass is 32.2. The number of aromatic nitrogens is 3. The molecule has 5 nitrogen and oxygen atoms in total. The van der Waals surface area contributed by atoms with Crippen molar-refractivity contribution in [2.45, 2.75) is 18.2 Å². The van der Waals surface area contributed by atoms with Crippen molar-refractivity contribution in [3.63, 3.8) is 0 Å². The molecule has 0 aliphatic carbocycles. The highest BCUT2D eigenvalue weighted by molar-refractivity contribution is 7.90. The second-order valence-corrected chi connectivity index (χ2v) is 9.57. The first-order valence-electron chi connectivity index (χ1n) is 8.39. The summed E-state index contributed by atoms with van der Waals surface area (Å²) in [5.74, 6) is -0.370. The monoisotopic (exact) mass is 437 g/mol. The molecule has 0 unspecified atom stereocenters. The lowest BCUT2D eigenvalue weighted by molar-refractivity contribution is 0.145. The van der Waals surface area contributed by atoms with Crippen LogP contribution in [0.4, 0.5) is 13.2 Å². The van der Waals surface area contributed by atoms with E-state index in [2.05, 4.69) is 10.1 Å². The highest BCUT2D eigenvalue weighted by Crippen LogP contribution is 2.34. The Morgan fingerprint density at radius 2 is 1.79 bits per heavy atom. The maximum atomic E-state index is 13.9. The van der Waals surface area contributed by atoms with Crippen molar-refractivity contribution in [2.75, 3.05) is 6.26 Å². The van der Waals surface area contributed by atoms with Gasteiger partial charge in [0.25, 0.3) is 6.43 Å². The Bertz CT molecular complexity index is 1290. The van der Waals surface area contributed by atoms with Gasteiger partial charge in [-0.05, 0) is 55.0 Å². The van der Waals surface area contributed by atoms with Gasteiger partial charge in [0.1, 0.15) is 22.2 Å². The first-order valence-corrected chi connectivity index (χ1v) is 11.1. The number of sulfone groups is 1. The Kier molecular flexibility index (Phi) is 4.70. The molecule has 0 aliphatic rings. The van der Waals surface area contributed by atoms with Crippen LogP contribution in [0.25, 0.3) is 26.6 Å². The Morgan fingerprint density at radius 3 is 2.41 bits per heavy atom. The Balaban J connectivity index is 1.88. The van der Waals surface area contributed by atoms with Crippen LogP contribution in [0.2, 0.25) is 0 Å². The van der Waals surface area contributed by atoms with Crippen LogP contribution in [0.15, 0.2) is 47.4 Å². The molecule has 0 aliphatic heterocycles. The van der Waals surface area contributed by atoms with Crippen LogP contribution in [0.1, 0.15) is 17.7 Å². The van der Waals surface area contributed by atoms with Gasteiger partial charge in [-0.25, -0.2) is 31.3 Å². The second-order valence-electron chi connectivity index (χ2n) is 6.52. The number of hydrogen-bond acceptors (Lipinski definition) is 5. The van der Waals surface area contributed by atoms with Gasteiger partial charge in [-0.15, -0.1) is 11.3 Å². The maximum Gasteiger partial charge on any atom is 0.282 e. The molecule has 0 atom stereocenters. The fourth-order valence-corrected chi connectivity index (χ4v) is 4.46. The van der Waals surface area contributed by atoms with E-state index >= 15 is 0 Å². The maximum absolute atomic E-state index is 13.9. The summed E-state index contributed by atoms with van der Waals surface area (Å²) in [6.07, 6.45) is -1.71. The molecule has 0 bridgehead atoms. The minimum atomic E-state index is -3.39. The van der Waals surface area contributed by atoms with E-state index in [4.69, 9.17) is 0 Å². The molecule has 2 heterocycles. The second kappa shape index (κ2) is 6.96. The molecule has 0 saturated carbocycles. The topological polar surface area (TPSA) is 64.8 Å². The SMILES string of the molecule is Cc1cc2nc(-c3cc(C(F)F)nn3-c3ccc(S(C)(=O)=O)cc3)sc2cc1F. The summed E-state index contributed by atoms with van der Waals surface area (Å²) in [6, 6.07) is 9.93. The lowest BCUT2D eigenvalue weighted by Gasteiger charge is -2.06. The third-order valence-corrected chi connectivity index (χ3v) is 6.52. The molecule has 150 valence electrons. The van der Waals surface area contributed by atoms with Crippen LogP contribution in [-0.2, 0) is 9.84 Å². The van der Waals surface area contributed by atoms with Crippen molar-refractivity contribution < 1.29 is 21.6 Å². The minimum absolute atomic E-state index is 0.106. The standard InChI is InChI=1S/C19H14F3N3O2S2/c1-10-7-14-17(8-13(10)20)28-19(23-14)16-9-15(18(21)22)24-25(16)11-3-5-12(6-4-11)29(2,26)27/h3-9,18H,1-2H3. The number of fused-ring (bicyclic) bond motifs is 1. The van der Waals surface area contributed by atoms with E-state index in [-0.39, 0.29) is 10.7 Å². The van der Waals surface area contributed by atoms with Gasteiger partial charge in [-0.1, -0.05) is 0 Å². The predicted molar refractivity (Wildman–Crippen MR) is 105 cm³/mol. The molecule has 29 heavy (non-hydrogen) atoms. The van der Waals surface area contributed by atoms with E-state index in [9.17, 15) is 21.6 Å². The summed E-state index contributed by atoms with van der Waals surface area (Å²) >= 11 is 1.16. The highest BCUT2D eigenvalue weighted by Gasteiger charge is 2.21. The lowest BCUT2D eigenvalue weighted by atomic mass is 10.2. The third-order valence-electron chi connectivity index (χ3n) is 4.35. The molecule has 2 aromatic heterocycles. The van der Waals surface area contributed by atoms with Crippen LogP contribution in [0.5, 0.6) is 0 Å². The molecule has 4 rings (SSSR count). The number of aryl methyl sites for hydroxylation is 1. The molecule has 2 aromatic carbocycles. The third kappa shape index (κ3) is 3.65. The Hall–Kier alpha value is -2.72. The first kappa shape index (κ1) is 19.6. The Labute approximate surface area is 168 Å². The molecule has 10 heteroatoms. The molecule has 4 aromatic rings. The van der Waals surface area contributed by atoms with Crippen LogP contribution < -0.4 is 0 Å². The van der Waals surface area contributed by atoms with Gasteiger partial charge in [-0.3, -0.25) is 0 Å². The van der Waals surface area contributed by atoms with E-state index in [1.165, 1.54) is 41.1 Å². The zero-order valence-corrected chi connectivity index (χ0v) is 16.9. The molecular formula is C19H14F3N3O2S2. The number of thiazole rings is 1. The van der Waals surface area contributed by atoms with Crippen molar-refractivity contribution in [3.05, 3.63) is 59.5 Å². The first-order chi connectivity index (χ1) is 13.6. The van der Waals surface area contributed by atoms with Gasteiger partial charge in [0, 0.05) is 6.26 Å². The van der Waals surface area contributed by atoms with Crippen molar-refractivity contribution >= 4 is 31.4 Å². The summed E-state index contributed by atoms with van der Waals surface area (Å²) in [4.78, 5) is 4.56. The van der Waals surface area contributed by atoms with E-state index in [0.29, 0.717) is 32.2 Å². The zero-order chi connectivity index (χ0) is 20.9. The molecule has 0 N–H and O–H groups in total. The average Bonchev–Trinajstić information content (AvgIpc) is 3.25. The number of rotatable bonds is 4.